The molecule has 1 fully saturated rings. The lowest BCUT2D eigenvalue weighted by Crippen LogP contribution is -2.12. The smallest absolute Gasteiger partial charge is 0.324 e. The van der Waals surface area contributed by atoms with E-state index in [1.807, 2.05) is 0 Å². The van der Waals surface area contributed by atoms with Gasteiger partial charge in [-0.25, -0.2) is 23.7 Å². The lowest BCUT2D eigenvalue weighted by molar-refractivity contribution is -0.145. The van der Waals surface area contributed by atoms with Crippen LogP contribution in [-0.2, 0) is 12.4 Å². The number of hydrogen-bond donors (Lipinski definition) is 1. The largest absolute Gasteiger partial charge is 0.451 e. The van der Waals surface area contributed by atoms with Crippen molar-refractivity contribution >= 4 is 23.3 Å². The highest BCUT2D eigenvalue weighted by atomic mass is 19.4. The van der Waals surface area contributed by atoms with Gasteiger partial charge < -0.3 is 5.32 Å². The number of anilines is 2. The second kappa shape index (κ2) is 8.74. The first kappa shape index (κ1) is 24.3. The van der Waals surface area contributed by atoms with E-state index in [1.165, 1.54) is 0 Å². The van der Waals surface area contributed by atoms with Crippen LogP contribution < -0.4 is 5.32 Å². The third-order valence-corrected chi connectivity index (χ3v) is 4.57. The molecule has 0 aromatic carbocycles. The molecule has 35 heavy (non-hydrogen) atoms. The van der Waals surface area contributed by atoms with Gasteiger partial charge in [0.05, 0.1) is 0 Å². The molecule has 0 spiro atoms. The quantitative estimate of drug-likeness (QED) is 0.475. The van der Waals surface area contributed by atoms with E-state index < -0.39 is 66.1 Å². The Morgan fingerprint density at radius 1 is 0.886 bits per heavy atom. The second-order valence-corrected chi connectivity index (χ2v) is 7.31. The first-order chi connectivity index (χ1) is 16.3. The molecule has 3 aromatic rings. The van der Waals surface area contributed by atoms with Crippen molar-refractivity contribution in [3.63, 3.8) is 0 Å². The maximum atomic E-state index is 13.5. The summed E-state index contributed by atoms with van der Waals surface area (Å²) in [4.78, 5) is 25.4. The van der Waals surface area contributed by atoms with E-state index in [1.54, 1.807) is 0 Å². The Morgan fingerprint density at radius 2 is 1.63 bits per heavy atom. The fourth-order valence-corrected chi connectivity index (χ4v) is 3.04. The summed E-state index contributed by atoms with van der Waals surface area (Å²) < 4.78 is 105. The molecule has 3 heterocycles. The predicted octanol–water partition coefficient (Wildman–Crippen LogP) is 5.40. The van der Waals surface area contributed by atoms with Gasteiger partial charge in [-0.3, -0.25) is 4.98 Å². The standard InChI is InChI=1S/C19H12F8N8/c20-17(21)4-1-10(8-17)31-16-34-13(11-3-6-29-14(32-11)19(25,26)27)33-15(35-16)30-9-2-5-28-12(7-9)18(22,23)24/h2-3,5-7H,1,4,8H2,(H,28,30,33,34,35)/b31-10-. The molecule has 0 saturated heterocycles. The van der Waals surface area contributed by atoms with E-state index in [-0.39, 0.29) is 17.8 Å². The van der Waals surface area contributed by atoms with Gasteiger partial charge in [0, 0.05) is 36.6 Å². The molecule has 0 bridgehead atoms. The SMILES string of the molecule is FC1(F)CC/C(=N/c2nc(Nc3ccnc(C(F)(F)F)c3)nc(-c3ccnc(C(F)(F)F)n3)n2)C1. The molecule has 8 nitrogen and oxygen atoms in total. The molecule has 16 heteroatoms. The summed E-state index contributed by atoms with van der Waals surface area (Å²) in [7, 11) is 0. The normalized spacial score (nSPS) is 17.1. The van der Waals surface area contributed by atoms with Crippen molar-refractivity contribution in [3.05, 3.63) is 42.1 Å². The highest BCUT2D eigenvalue weighted by Gasteiger charge is 2.37. The minimum atomic E-state index is -4.88. The Balaban J connectivity index is 1.76. The van der Waals surface area contributed by atoms with Gasteiger partial charge in [-0.1, -0.05) is 0 Å². The Morgan fingerprint density at radius 3 is 2.29 bits per heavy atom. The number of aromatic nitrogens is 6. The molecule has 4 rings (SSSR count). The summed E-state index contributed by atoms with van der Waals surface area (Å²) in [6, 6.07) is 2.87. The van der Waals surface area contributed by atoms with Gasteiger partial charge in [0.1, 0.15) is 11.4 Å². The molecule has 0 amide bonds. The summed E-state index contributed by atoms with van der Waals surface area (Å²) in [5.41, 5.74) is -1.74. The van der Waals surface area contributed by atoms with Crippen molar-refractivity contribution < 1.29 is 35.1 Å². The molecular formula is C19H12F8N8. The number of aliphatic imine (C=N–C) groups is 1. The number of pyridine rings is 1. The van der Waals surface area contributed by atoms with Crippen LogP contribution in [0.3, 0.4) is 0 Å². The molecule has 0 radical (unpaired) electrons. The van der Waals surface area contributed by atoms with Crippen LogP contribution in [0.5, 0.6) is 0 Å². The van der Waals surface area contributed by atoms with Gasteiger partial charge in [-0.2, -0.15) is 41.3 Å². The molecular weight excluding hydrogens is 492 g/mol. The summed E-state index contributed by atoms with van der Waals surface area (Å²) in [6.45, 7) is 0. The van der Waals surface area contributed by atoms with Crippen LogP contribution >= 0.6 is 0 Å². The van der Waals surface area contributed by atoms with Crippen LogP contribution in [0.15, 0.2) is 35.6 Å². The van der Waals surface area contributed by atoms with Crippen LogP contribution in [0.25, 0.3) is 11.5 Å². The maximum Gasteiger partial charge on any atom is 0.451 e. The molecule has 1 N–H and O–H groups in total. The predicted molar refractivity (Wildman–Crippen MR) is 104 cm³/mol. The van der Waals surface area contributed by atoms with E-state index in [4.69, 9.17) is 0 Å². The van der Waals surface area contributed by atoms with Crippen molar-refractivity contribution in [1.29, 1.82) is 0 Å². The average molecular weight is 504 g/mol. The van der Waals surface area contributed by atoms with Gasteiger partial charge in [-0.05, 0) is 24.6 Å². The third-order valence-electron chi connectivity index (χ3n) is 4.57. The fourth-order valence-electron chi connectivity index (χ4n) is 3.04. The zero-order valence-corrected chi connectivity index (χ0v) is 17.2. The minimum absolute atomic E-state index is 0.0417. The van der Waals surface area contributed by atoms with Crippen LogP contribution in [0.1, 0.15) is 30.8 Å². The van der Waals surface area contributed by atoms with Crippen LogP contribution in [-0.4, -0.2) is 41.5 Å². The molecule has 1 saturated carbocycles. The monoisotopic (exact) mass is 504 g/mol. The molecule has 1 aliphatic rings. The van der Waals surface area contributed by atoms with Crippen molar-refractivity contribution in [3.8, 4) is 11.5 Å². The van der Waals surface area contributed by atoms with Gasteiger partial charge in [0.15, 0.2) is 5.82 Å². The Bertz CT molecular complexity index is 1270. The van der Waals surface area contributed by atoms with Gasteiger partial charge in [0.25, 0.3) is 11.9 Å². The van der Waals surface area contributed by atoms with Crippen molar-refractivity contribution in [2.24, 2.45) is 4.99 Å². The molecule has 3 aromatic heterocycles. The number of rotatable bonds is 4. The topological polar surface area (TPSA) is 102 Å². The van der Waals surface area contributed by atoms with Gasteiger partial charge in [0.2, 0.25) is 11.8 Å². The number of halogens is 8. The number of nitrogens with one attached hydrogen (secondary N) is 1. The van der Waals surface area contributed by atoms with Crippen molar-refractivity contribution in [2.75, 3.05) is 5.32 Å². The Hall–Kier alpha value is -3.85. The molecule has 0 atom stereocenters. The van der Waals surface area contributed by atoms with Crippen molar-refractivity contribution in [2.45, 2.75) is 37.5 Å². The summed E-state index contributed by atoms with van der Waals surface area (Å²) in [5.74, 6) is -5.76. The number of alkyl halides is 8. The highest BCUT2D eigenvalue weighted by Crippen LogP contribution is 2.34. The maximum absolute atomic E-state index is 13.5. The zero-order chi connectivity index (χ0) is 25.4. The first-order valence-corrected chi connectivity index (χ1v) is 9.70. The van der Waals surface area contributed by atoms with E-state index in [0.29, 0.717) is 6.07 Å². The van der Waals surface area contributed by atoms with E-state index in [9.17, 15) is 35.1 Å². The van der Waals surface area contributed by atoms with Crippen LogP contribution in [0.4, 0.5) is 52.7 Å². The summed E-state index contributed by atoms with van der Waals surface area (Å²) >= 11 is 0. The lowest BCUT2D eigenvalue weighted by atomic mass is 10.3. The Labute approximate surface area is 190 Å². The third kappa shape index (κ3) is 5.99. The summed E-state index contributed by atoms with van der Waals surface area (Å²) in [5, 5.41) is 2.47. The second-order valence-electron chi connectivity index (χ2n) is 7.31. The van der Waals surface area contributed by atoms with Crippen LogP contribution in [0, 0.1) is 0 Å². The minimum Gasteiger partial charge on any atom is -0.324 e. The first-order valence-electron chi connectivity index (χ1n) is 9.70. The number of hydrogen-bond acceptors (Lipinski definition) is 8. The van der Waals surface area contributed by atoms with Crippen LogP contribution in [0.2, 0.25) is 0 Å². The fraction of sp³-hybridized carbons (Fsp3) is 0.316. The van der Waals surface area contributed by atoms with Crippen molar-refractivity contribution in [1.82, 2.24) is 29.9 Å². The highest BCUT2D eigenvalue weighted by molar-refractivity contribution is 5.89. The molecule has 184 valence electrons. The Kier molecular flexibility index (Phi) is 6.06. The lowest BCUT2D eigenvalue weighted by Gasteiger charge is -2.10. The number of nitrogens with zero attached hydrogens (tertiary/aromatic N) is 7. The zero-order valence-electron chi connectivity index (χ0n) is 17.2. The molecule has 0 aliphatic heterocycles. The summed E-state index contributed by atoms with van der Waals surface area (Å²) in [6.07, 6.45) is -9.13. The van der Waals surface area contributed by atoms with E-state index in [0.717, 1.165) is 24.5 Å². The van der Waals surface area contributed by atoms with E-state index >= 15 is 0 Å². The molecule has 0 unspecified atom stereocenters. The van der Waals surface area contributed by atoms with Gasteiger partial charge in [-0.15, -0.1) is 0 Å². The average Bonchev–Trinajstić information content (AvgIpc) is 3.10. The van der Waals surface area contributed by atoms with E-state index in [2.05, 4.69) is 40.2 Å². The molecule has 1 aliphatic carbocycles. The van der Waals surface area contributed by atoms with Gasteiger partial charge >= 0.3 is 12.4 Å².